The molecule has 3 aromatic carbocycles. The number of benzene rings is 3. The number of nitrogens with one attached hydrogen (secondary N) is 1. The van der Waals surface area contributed by atoms with Crippen molar-refractivity contribution in [3.63, 3.8) is 0 Å². The van der Waals surface area contributed by atoms with Crippen LogP contribution in [0.15, 0.2) is 72.8 Å². The second-order valence-corrected chi connectivity index (χ2v) is 7.01. The van der Waals surface area contributed by atoms with Gasteiger partial charge in [-0.3, -0.25) is 9.59 Å². The molecule has 0 aliphatic rings. The molecule has 3 aromatic rings. The number of rotatable bonds is 7. The first-order valence-corrected chi connectivity index (χ1v) is 9.81. The van der Waals surface area contributed by atoms with Gasteiger partial charge in [-0.05, 0) is 54.6 Å². The van der Waals surface area contributed by atoms with E-state index in [1.54, 1.807) is 36.4 Å². The molecular formula is C24H18ClNO6. The van der Waals surface area contributed by atoms with Gasteiger partial charge in [-0.15, -0.1) is 0 Å². The molecular weight excluding hydrogens is 434 g/mol. The van der Waals surface area contributed by atoms with Crippen LogP contribution in [0.1, 0.15) is 36.6 Å². The molecule has 0 unspecified atom stereocenters. The van der Waals surface area contributed by atoms with E-state index in [2.05, 4.69) is 10.1 Å². The van der Waals surface area contributed by atoms with Crippen LogP contribution in [-0.2, 0) is 14.3 Å². The fourth-order valence-corrected chi connectivity index (χ4v) is 2.96. The molecule has 3 rings (SSSR count). The maximum absolute atomic E-state index is 12.8. The number of esters is 2. The largest absolute Gasteiger partial charge is 0.465 e. The van der Waals surface area contributed by atoms with E-state index in [1.165, 1.54) is 43.5 Å². The van der Waals surface area contributed by atoms with Gasteiger partial charge >= 0.3 is 11.9 Å². The summed E-state index contributed by atoms with van der Waals surface area (Å²) < 4.78 is 9.70. The predicted molar refractivity (Wildman–Crippen MR) is 118 cm³/mol. The Balaban J connectivity index is 1.64. The van der Waals surface area contributed by atoms with E-state index in [0.29, 0.717) is 21.8 Å². The summed E-state index contributed by atoms with van der Waals surface area (Å²) in [4.78, 5) is 48.9. The van der Waals surface area contributed by atoms with Crippen molar-refractivity contribution in [1.29, 1.82) is 0 Å². The number of hydrogen-bond donors (Lipinski definition) is 1. The summed E-state index contributed by atoms with van der Waals surface area (Å²) in [6.45, 7) is -0.555. The molecule has 1 N–H and O–H groups in total. The predicted octanol–water partition coefficient (Wildman–Crippen LogP) is 4.15. The van der Waals surface area contributed by atoms with Crippen LogP contribution in [0.3, 0.4) is 0 Å². The van der Waals surface area contributed by atoms with E-state index in [0.717, 1.165) is 0 Å². The van der Waals surface area contributed by atoms with Gasteiger partial charge in [0.2, 0.25) is 0 Å². The topological polar surface area (TPSA) is 98.8 Å². The summed E-state index contributed by atoms with van der Waals surface area (Å²) in [5, 5.41) is 3.04. The molecule has 0 spiro atoms. The van der Waals surface area contributed by atoms with Crippen LogP contribution in [0.2, 0.25) is 5.02 Å². The zero-order valence-corrected chi connectivity index (χ0v) is 17.7. The van der Waals surface area contributed by atoms with Crippen molar-refractivity contribution in [2.45, 2.75) is 0 Å². The van der Waals surface area contributed by atoms with Crippen molar-refractivity contribution in [3.8, 4) is 0 Å². The zero-order chi connectivity index (χ0) is 23.1. The van der Waals surface area contributed by atoms with Gasteiger partial charge < -0.3 is 14.8 Å². The molecule has 0 atom stereocenters. The van der Waals surface area contributed by atoms with Gasteiger partial charge in [0.15, 0.2) is 12.4 Å². The number of amides is 1. The van der Waals surface area contributed by atoms with Gasteiger partial charge in [-0.25, -0.2) is 9.59 Å². The van der Waals surface area contributed by atoms with Crippen molar-refractivity contribution in [2.75, 3.05) is 19.0 Å². The summed E-state index contributed by atoms with van der Waals surface area (Å²) in [6, 6.07) is 18.5. The van der Waals surface area contributed by atoms with E-state index < -0.39 is 24.5 Å². The van der Waals surface area contributed by atoms with Crippen molar-refractivity contribution < 1.29 is 28.7 Å². The lowest BCUT2D eigenvalue weighted by Crippen LogP contribution is -2.22. The van der Waals surface area contributed by atoms with Gasteiger partial charge in [-0.2, -0.15) is 0 Å². The first-order valence-electron chi connectivity index (χ1n) is 9.43. The minimum atomic E-state index is -0.806. The normalized spacial score (nSPS) is 10.2. The number of carbonyl (C=O) groups is 4. The van der Waals surface area contributed by atoms with Crippen molar-refractivity contribution in [1.82, 2.24) is 0 Å². The van der Waals surface area contributed by atoms with Gasteiger partial charge in [-0.1, -0.05) is 29.8 Å². The Morgan fingerprint density at radius 3 is 2.00 bits per heavy atom. The molecule has 0 radical (unpaired) electrons. The lowest BCUT2D eigenvalue weighted by atomic mass is 9.98. The number of ether oxygens (including phenoxy) is 2. The number of hydrogen-bond acceptors (Lipinski definition) is 6. The van der Waals surface area contributed by atoms with Crippen LogP contribution in [0, 0.1) is 0 Å². The number of ketones is 1. The summed E-state index contributed by atoms with van der Waals surface area (Å²) in [6.07, 6.45) is 0. The van der Waals surface area contributed by atoms with Crippen molar-refractivity contribution in [3.05, 3.63) is 100 Å². The number of halogens is 1. The fraction of sp³-hybridized carbons (Fsp3) is 0.0833. The lowest BCUT2D eigenvalue weighted by Gasteiger charge is -2.10. The molecule has 0 aromatic heterocycles. The first-order chi connectivity index (χ1) is 15.4. The highest BCUT2D eigenvalue weighted by Gasteiger charge is 2.20. The number of carbonyl (C=O) groups excluding carboxylic acids is 4. The highest BCUT2D eigenvalue weighted by molar-refractivity contribution is 6.30. The van der Waals surface area contributed by atoms with Gasteiger partial charge in [0, 0.05) is 21.8 Å². The quantitative estimate of drug-likeness (QED) is 0.428. The zero-order valence-electron chi connectivity index (χ0n) is 17.0. The third-order valence-corrected chi connectivity index (χ3v) is 4.67. The second-order valence-electron chi connectivity index (χ2n) is 6.57. The molecule has 0 saturated carbocycles. The van der Waals surface area contributed by atoms with E-state index in [1.807, 2.05) is 0 Å². The van der Waals surface area contributed by atoms with Crippen LogP contribution >= 0.6 is 11.6 Å². The standard InChI is InChI=1S/C24H18ClNO6/c1-31-23(29)16-8-12-18(13-9-16)26-21(27)14-32-24(30)20-5-3-2-4-19(20)22(28)15-6-10-17(25)11-7-15/h2-13H,14H2,1H3,(H,26,27). The van der Waals surface area contributed by atoms with Crippen LogP contribution < -0.4 is 5.32 Å². The molecule has 0 bridgehead atoms. The molecule has 8 heteroatoms. The molecule has 7 nitrogen and oxygen atoms in total. The Labute approximate surface area is 188 Å². The molecule has 32 heavy (non-hydrogen) atoms. The summed E-state index contributed by atoms with van der Waals surface area (Å²) in [7, 11) is 1.27. The molecule has 0 aliphatic heterocycles. The Kier molecular flexibility index (Phi) is 7.36. The Hall–Kier alpha value is -3.97. The fourth-order valence-electron chi connectivity index (χ4n) is 2.83. The van der Waals surface area contributed by atoms with Gasteiger partial charge in [0.1, 0.15) is 0 Å². The number of methoxy groups -OCH3 is 1. The van der Waals surface area contributed by atoms with E-state index >= 15 is 0 Å². The summed E-state index contributed by atoms with van der Waals surface area (Å²) in [5.74, 6) is -2.25. The van der Waals surface area contributed by atoms with Gasteiger partial charge in [0.25, 0.3) is 5.91 Å². The third kappa shape index (κ3) is 5.59. The average molecular weight is 452 g/mol. The highest BCUT2D eigenvalue weighted by atomic mass is 35.5. The molecule has 1 amide bonds. The molecule has 0 heterocycles. The SMILES string of the molecule is COC(=O)c1ccc(NC(=O)COC(=O)c2ccccc2C(=O)c2ccc(Cl)cc2)cc1. The maximum Gasteiger partial charge on any atom is 0.339 e. The van der Waals surface area contributed by atoms with Crippen LogP contribution in [0.4, 0.5) is 5.69 Å². The van der Waals surface area contributed by atoms with E-state index in [4.69, 9.17) is 16.3 Å². The van der Waals surface area contributed by atoms with Gasteiger partial charge in [0.05, 0.1) is 18.2 Å². The lowest BCUT2D eigenvalue weighted by molar-refractivity contribution is -0.119. The summed E-state index contributed by atoms with van der Waals surface area (Å²) in [5.41, 5.74) is 1.31. The second kappa shape index (κ2) is 10.4. The molecule has 162 valence electrons. The number of anilines is 1. The smallest absolute Gasteiger partial charge is 0.339 e. The highest BCUT2D eigenvalue weighted by Crippen LogP contribution is 2.18. The Morgan fingerprint density at radius 2 is 1.38 bits per heavy atom. The van der Waals surface area contributed by atoms with Crippen LogP contribution in [-0.4, -0.2) is 37.3 Å². The minimum absolute atomic E-state index is 0.0441. The molecule has 0 saturated heterocycles. The maximum atomic E-state index is 12.8. The Morgan fingerprint density at radius 1 is 0.781 bits per heavy atom. The van der Waals surface area contributed by atoms with E-state index in [-0.39, 0.29) is 16.9 Å². The Bertz CT molecular complexity index is 1160. The monoisotopic (exact) mass is 451 g/mol. The van der Waals surface area contributed by atoms with Crippen LogP contribution in [0.5, 0.6) is 0 Å². The minimum Gasteiger partial charge on any atom is -0.465 e. The molecule has 0 aliphatic carbocycles. The first kappa shape index (κ1) is 22.7. The van der Waals surface area contributed by atoms with Crippen molar-refractivity contribution in [2.24, 2.45) is 0 Å². The van der Waals surface area contributed by atoms with Crippen LogP contribution in [0.25, 0.3) is 0 Å². The summed E-state index contributed by atoms with van der Waals surface area (Å²) >= 11 is 5.86. The molecule has 0 fully saturated rings. The third-order valence-electron chi connectivity index (χ3n) is 4.42. The van der Waals surface area contributed by atoms with E-state index in [9.17, 15) is 19.2 Å². The van der Waals surface area contributed by atoms with Crippen molar-refractivity contribution >= 4 is 40.9 Å². The average Bonchev–Trinajstić information content (AvgIpc) is 2.82.